The van der Waals surface area contributed by atoms with Gasteiger partial charge in [-0.05, 0) is 38.2 Å². The molecule has 4 aliphatic rings. The highest BCUT2D eigenvalue weighted by Gasteiger charge is 2.76. The zero-order chi connectivity index (χ0) is 15.1. The highest BCUT2D eigenvalue weighted by molar-refractivity contribution is 5.20. The van der Waals surface area contributed by atoms with Crippen LogP contribution in [0.25, 0.3) is 0 Å². The van der Waals surface area contributed by atoms with Crippen molar-refractivity contribution in [1.29, 1.82) is 0 Å². The number of hydrogen-bond acceptors (Lipinski definition) is 4. The minimum Gasteiger partial charge on any atom is -0.368 e. The molecule has 1 aromatic carbocycles. The van der Waals surface area contributed by atoms with E-state index < -0.39 is 17.9 Å². The van der Waals surface area contributed by atoms with Crippen LogP contribution in [0.2, 0.25) is 0 Å². The molecule has 5 rings (SSSR count). The molecule has 1 aromatic rings. The van der Waals surface area contributed by atoms with Crippen LogP contribution in [-0.4, -0.2) is 29.1 Å². The Hall–Kier alpha value is -0.940. The smallest absolute Gasteiger partial charge is 0.175 e. The van der Waals surface area contributed by atoms with Gasteiger partial charge in [-0.2, -0.15) is 0 Å². The van der Waals surface area contributed by atoms with Crippen LogP contribution >= 0.6 is 0 Å². The van der Waals surface area contributed by atoms with E-state index in [1.54, 1.807) is 0 Å². The summed E-state index contributed by atoms with van der Waals surface area (Å²) in [6, 6.07) is 10.5. The number of aliphatic hydroxyl groups excluding tert-OH is 1. The van der Waals surface area contributed by atoms with Crippen LogP contribution in [0.1, 0.15) is 25.8 Å². The molecule has 3 aliphatic heterocycles. The van der Waals surface area contributed by atoms with E-state index in [2.05, 4.69) is 31.2 Å². The zero-order valence-corrected chi connectivity index (χ0v) is 12.9. The quantitative estimate of drug-likeness (QED) is 0.911. The van der Waals surface area contributed by atoms with Crippen molar-refractivity contribution in [3.05, 3.63) is 35.9 Å². The lowest BCUT2D eigenvalue weighted by atomic mass is 9.81. The Balaban J connectivity index is 1.48. The molecule has 4 heteroatoms. The van der Waals surface area contributed by atoms with Crippen molar-refractivity contribution in [2.45, 2.75) is 50.7 Å². The molecule has 4 fully saturated rings. The van der Waals surface area contributed by atoms with Crippen LogP contribution < -0.4 is 0 Å². The summed E-state index contributed by atoms with van der Waals surface area (Å²) in [6.45, 7) is 4.01. The number of ether oxygens (including phenoxy) is 3. The molecule has 3 saturated heterocycles. The summed E-state index contributed by atoms with van der Waals surface area (Å²) in [4.78, 5) is 0. The SMILES string of the molecule is C[C@]12O[C@@H](O)C3CC4C(C31)[C@@](C)(O[C@@H]4Cc1ccccc1)O2. The molecular formula is C18H22O4. The standard InChI is InChI=1S/C18H22O4/c1-17-14-11(13(20-17)8-10-6-4-3-5-7-10)9-12-15(14)18(2,22-17)21-16(12)19/h3-7,11-16,19H,8-9H2,1-2H3/t11?,12?,13-,14?,15?,16-,17+,18-/m1/s1. The van der Waals surface area contributed by atoms with E-state index >= 15 is 0 Å². The van der Waals surface area contributed by atoms with Gasteiger partial charge in [0.05, 0.1) is 6.10 Å². The van der Waals surface area contributed by atoms with Crippen molar-refractivity contribution in [3.8, 4) is 0 Å². The van der Waals surface area contributed by atoms with Crippen molar-refractivity contribution < 1.29 is 19.3 Å². The van der Waals surface area contributed by atoms with Gasteiger partial charge < -0.3 is 19.3 Å². The van der Waals surface area contributed by atoms with E-state index in [1.165, 1.54) is 5.56 Å². The number of hydrogen-bond donors (Lipinski definition) is 1. The molecule has 4 nitrogen and oxygen atoms in total. The molecule has 22 heavy (non-hydrogen) atoms. The maximum absolute atomic E-state index is 10.2. The Morgan fingerprint density at radius 2 is 1.73 bits per heavy atom. The van der Waals surface area contributed by atoms with Crippen molar-refractivity contribution in [2.75, 3.05) is 0 Å². The molecule has 118 valence electrons. The Morgan fingerprint density at radius 3 is 2.50 bits per heavy atom. The summed E-state index contributed by atoms with van der Waals surface area (Å²) < 4.78 is 18.3. The molecule has 8 atom stereocenters. The number of benzene rings is 1. The maximum Gasteiger partial charge on any atom is 0.175 e. The van der Waals surface area contributed by atoms with E-state index in [-0.39, 0.29) is 17.9 Å². The lowest BCUT2D eigenvalue weighted by molar-refractivity contribution is -0.327. The molecule has 1 saturated carbocycles. The Morgan fingerprint density at radius 1 is 1.05 bits per heavy atom. The van der Waals surface area contributed by atoms with Crippen LogP contribution in [0.5, 0.6) is 0 Å². The van der Waals surface area contributed by atoms with Crippen molar-refractivity contribution in [2.24, 2.45) is 23.7 Å². The van der Waals surface area contributed by atoms with Gasteiger partial charge in [0.1, 0.15) is 0 Å². The van der Waals surface area contributed by atoms with Crippen LogP contribution in [-0.2, 0) is 20.6 Å². The summed E-state index contributed by atoms with van der Waals surface area (Å²) in [6.07, 6.45) is 1.36. The van der Waals surface area contributed by atoms with Gasteiger partial charge in [-0.25, -0.2) is 0 Å². The third-order valence-electron chi connectivity index (χ3n) is 6.33. The Kier molecular flexibility index (Phi) is 2.53. The predicted octanol–water partition coefficient (Wildman–Crippen LogP) is 2.31. The van der Waals surface area contributed by atoms with E-state index in [0.29, 0.717) is 11.8 Å². The van der Waals surface area contributed by atoms with Crippen LogP contribution in [0.15, 0.2) is 30.3 Å². The predicted molar refractivity (Wildman–Crippen MR) is 78.6 cm³/mol. The van der Waals surface area contributed by atoms with Crippen LogP contribution in [0.3, 0.4) is 0 Å². The first-order valence-corrected chi connectivity index (χ1v) is 8.28. The summed E-state index contributed by atoms with van der Waals surface area (Å²) in [5, 5.41) is 10.2. The van der Waals surface area contributed by atoms with Gasteiger partial charge in [-0.3, -0.25) is 0 Å². The fraction of sp³-hybridized carbons (Fsp3) is 0.667. The largest absolute Gasteiger partial charge is 0.368 e. The topological polar surface area (TPSA) is 47.9 Å². The fourth-order valence-corrected chi connectivity index (χ4v) is 5.75. The molecule has 1 aliphatic carbocycles. The molecule has 1 N–H and O–H groups in total. The van der Waals surface area contributed by atoms with Crippen molar-refractivity contribution in [3.63, 3.8) is 0 Å². The first-order chi connectivity index (χ1) is 10.5. The van der Waals surface area contributed by atoms with Crippen molar-refractivity contribution >= 4 is 0 Å². The third-order valence-corrected chi connectivity index (χ3v) is 6.33. The molecule has 0 radical (unpaired) electrons. The Labute approximate surface area is 130 Å². The van der Waals surface area contributed by atoms with Gasteiger partial charge >= 0.3 is 0 Å². The molecule has 3 heterocycles. The summed E-state index contributed by atoms with van der Waals surface area (Å²) >= 11 is 0. The molecule has 0 amide bonds. The highest BCUT2D eigenvalue weighted by Crippen LogP contribution is 2.68. The summed E-state index contributed by atoms with van der Waals surface area (Å²) in [7, 11) is 0. The number of rotatable bonds is 2. The Bertz CT molecular complexity index is 604. The fourth-order valence-electron chi connectivity index (χ4n) is 5.75. The van der Waals surface area contributed by atoms with Crippen LogP contribution in [0, 0.1) is 23.7 Å². The molecular weight excluding hydrogens is 280 g/mol. The van der Waals surface area contributed by atoms with Crippen molar-refractivity contribution in [1.82, 2.24) is 0 Å². The second kappa shape index (κ2) is 4.12. The van der Waals surface area contributed by atoms with Gasteiger partial charge in [0, 0.05) is 17.8 Å². The van der Waals surface area contributed by atoms with E-state index in [0.717, 1.165) is 12.8 Å². The van der Waals surface area contributed by atoms with Crippen LogP contribution in [0.4, 0.5) is 0 Å². The summed E-state index contributed by atoms with van der Waals surface area (Å²) in [5.41, 5.74) is 1.30. The normalized spacial score (nSPS) is 54.9. The lowest BCUT2D eigenvalue weighted by Gasteiger charge is -2.30. The molecule has 0 aromatic heterocycles. The van der Waals surface area contributed by atoms with Gasteiger partial charge in [0.2, 0.25) is 0 Å². The first-order valence-electron chi connectivity index (χ1n) is 8.28. The third kappa shape index (κ3) is 1.56. The zero-order valence-electron chi connectivity index (χ0n) is 12.9. The van der Waals surface area contributed by atoms with E-state index in [1.807, 2.05) is 13.0 Å². The second-order valence-corrected chi connectivity index (χ2v) is 7.60. The molecule has 4 unspecified atom stereocenters. The van der Waals surface area contributed by atoms with Gasteiger partial charge in [-0.1, -0.05) is 30.3 Å². The van der Waals surface area contributed by atoms with E-state index in [9.17, 15) is 5.11 Å². The first kappa shape index (κ1) is 13.5. The van der Waals surface area contributed by atoms with E-state index in [4.69, 9.17) is 14.2 Å². The highest BCUT2D eigenvalue weighted by atomic mass is 16.8. The van der Waals surface area contributed by atoms with Gasteiger partial charge in [0.25, 0.3) is 0 Å². The lowest BCUT2D eigenvalue weighted by Crippen LogP contribution is -2.37. The monoisotopic (exact) mass is 302 g/mol. The molecule has 0 spiro atoms. The minimum absolute atomic E-state index is 0.166. The number of aliphatic hydroxyl groups is 1. The maximum atomic E-state index is 10.2. The minimum atomic E-state index is -0.692. The molecule has 0 bridgehead atoms. The van der Waals surface area contributed by atoms with Gasteiger partial charge in [0.15, 0.2) is 17.9 Å². The average Bonchev–Trinajstić information content (AvgIpc) is 3.10. The second-order valence-electron chi connectivity index (χ2n) is 7.60. The summed E-state index contributed by atoms with van der Waals surface area (Å²) in [5.74, 6) is -0.0507. The van der Waals surface area contributed by atoms with Gasteiger partial charge in [-0.15, -0.1) is 0 Å². The average molecular weight is 302 g/mol.